The Balaban J connectivity index is 1.20. The van der Waals surface area contributed by atoms with Crippen molar-refractivity contribution in [2.24, 2.45) is 23.7 Å². The zero-order valence-electron chi connectivity index (χ0n) is 17.2. The van der Waals surface area contributed by atoms with Crippen LogP contribution in [0.25, 0.3) is 0 Å². The highest BCUT2D eigenvalue weighted by atomic mass is 79.9. The standard InChI is InChI=1S/C24H18BrClN2O5/c25-17-8-5-15(10-18(17)26)27-19(29)11-33-24(32)12-3-6-16(7-4-12)28-22(30)20-13-1-2-14(9-13)21(20)23(28)31/h1-8,10,13-14,20-21H,9,11H2,(H,27,29)/t13-,14-,20-,21+/m0/s1. The average Bonchev–Trinajstić information content (AvgIpc) is 3.48. The maximum atomic E-state index is 12.9. The topological polar surface area (TPSA) is 92.8 Å². The van der Waals surface area contributed by atoms with Gasteiger partial charge in [-0.3, -0.25) is 19.3 Å². The molecule has 1 N–H and O–H groups in total. The minimum atomic E-state index is -0.691. The third-order valence-electron chi connectivity index (χ3n) is 6.37. The van der Waals surface area contributed by atoms with Crippen LogP contribution in [0.15, 0.2) is 59.1 Å². The van der Waals surface area contributed by atoms with Gasteiger partial charge in [-0.15, -0.1) is 0 Å². The Kier molecular flexibility index (Phi) is 5.58. The van der Waals surface area contributed by atoms with Crippen molar-refractivity contribution in [1.82, 2.24) is 0 Å². The van der Waals surface area contributed by atoms with Crippen molar-refractivity contribution in [2.75, 3.05) is 16.8 Å². The lowest BCUT2D eigenvalue weighted by atomic mass is 9.85. The molecule has 4 atom stereocenters. The first kappa shape index (κ1) is 21.9. The van der Waals surface area contributed by atoms with Gasteiger partial charge in [-0.05, 0) is 76.7 Å². The van der Waals surface area contributed by atoms with Crippen molar-refractivity contribution in [2.45, 2.75) is 6.42 Å². The number of rotatable bonds is 5. The largest absolute Gasteiger partial charge is 0.452 e. The van der Waals surface area contributed by atoms with Crippen molar-refractivity contribution in [1.29, 1.82) is 0 Å². The molecule has 0 radical (unpaired) electrons. The average molecular weight is 530 g/mol. The quantitative estimate of drug-likeness (QED) is 0.356. The molecule has 0 spiro atoms. The molecule has 2 aliphatic carbocycles. The molecule has 9 heteroatoms. The highest BCUT2D eigenvalue weighted by molar-refractivity contribution is 9.10. The van der Waals surface area contributed by atoms with E-state index in [0.717, 1.165) is 6.42 Å². The van der Waals surface area contributed by atoms with Crippen LogP contribution in [0.5, 0.6) is 0 Å². The van der Waals surface area contributed by atoms with Gasteiger partial charge in [0.15, 0.2) is 6.61 Å². The molecule has 33 heavy (non-hydrogen) atoms. The van der Waals surface area contributed by atoms with Crippen molar-refractivity contribution in [3.05, 3.63) is 69.7 Å². The number of benzene rings is 2. The molecule has 0 aromatic heterocycles. The maximum absolute atomic E-state index is 12.9. The second-order valence-electron chi connectivity index (χ2n) is 8.31. The first-order valence-electron chi connectivity index (χ1n) is 10.4. The molecule has 0 unspecified atom stereocenters. The molecule has 5 rings (SSSR count). The highest BCUT2D eigenvalue weighted by Crippen LogP contribution is 2.53. The van der Waals surface area contributed by atoms with Crippen molar-refractivity contribution < 1.29 is 23.9 Å². The number of amides is 3. The van der Waals surface area contributed by atoms with Crippen molar-refractivity contribution in [3.8, 4) is 0 Å². The zero-order valence-corrected chi connectivity index (χ0v) is 19.5. The number of fused-ring (bicyclic) bond motifs is 5. The van der Waals surface area contributed by atoms with E-state index in [1.54, 1.807) is 30.3 Å². The van der Waals surface area contributed by atoms with Gasteiger partial charge in [0.1, 0.15) is 0 Å². The number of halogens is 2. The molecule has 2 bridgehead atoms. The fourth-order valence-electron chi connectivity index (χ4n) is 4.89. The van der Waals surface area contributed by atoms with Gasteiger partial charge in [0.25, 0.3) is 5.91 Å². The summed E-state index contributed by atoms with van der Waals surface area (Å²) in [5.41, 5.74) is 1.11. The fourth-order valence-corrected chi connectivity index (χ4v) is 5.32. The number of anilines is 2. The molecule has 1 aliphatic heterocycles. The fraction of sp³-hybridized carbons (Fsp3) is 0.250. The normalized spacial score (nSPS) is 24.8. The number of allylic oxidation sites excluding steroid dienone is 2. The number of nitrogens with one attached hydrogen (secondary N) is 1. The second-order valence-corrected chi connectivity index (χ2v) is 9.57. The molecule has 2 aromatic rings. The van der Waals surface area contributed by atoms with E-state index in [1.165, 1.54) is 17.0 Å². The van der Waals surface area contributed by atoms with E-state index < -0.39 is 18.5 Å². The Bertz CT molecular complexity index is 1180. The number of hydrogen-bond acceptors (Lipinski definition) is 5. The molecular weight excluding hydrogens is 512 g/mol. The van der Waals surface area contributed by atoms with E-state index in [2.05, 4.69) is 21.2 Å². The first-order chi connectivity index (χ1) is 15.8. The summed E-state index contributed by atoms with van der Waals surface area (Å²) in [6.45, 7) is -0.476. The van der Waals surface area contributed by atoms with E-state index >= 15 is 0 Å². The van der Waals surface area contributed by atoms with Gasteiger partial charge in [0, 0.05) is 10.2 Å². The predicted molar refractivity (Wildman–Crippen MR) is 125 cm³/mol. The van der Waals surface area contributed by atoms with Gasteiger partial charge in [-0.2, -0.15) is 0 Å². The second kappa shape index (κ2) is 8.43. The molecular formula is C24H18BrClN2O5. The third-order valence-corrected chi connectivity index (χ3v) is 7.60. The van der Waals surface area contributed by atoms with Crippen LogP contribution in [0, 0.1) is 23.7 Å². The lowest BCUT2D eigenvalue weighted by Gasteiger charge is -2.17. The van der Waals surface area contributed by atoms with Crippen LogP contribution in [-0.4, -0.2) is 30.3 Å². The van der Waals surface area contributed by atoms with Crippen molar-refractivity contribution in [3.63, 3.8) is 0 Å². The van der Waals surface area contributed by atoms with Crippen LogP contribution in [0.4, 0.5) is 11.4 Å². The summed E-state index contributed by atoms with van der Waals surface area (Å²) in [6.07, 6.45) is 4.95. The molecule has 3 amide bonds. The molecule has 2 fully saturated rings. The summed E-state index contributed by atoms with van der Waals surface area (Å²) in [7, 11) is 0. The summed E-state index contributed by atoms with van der Waals surface area (Å²) < 4.78 is 5.77. The van der Waals surface area contributed by atoms with E-state index in [0.29, 0.717) is 20.9 Å². The molecule has 1 saturated heterocycles. The summed E-state index contributed by atoms with van der Waals surface area (Å²) in [6, 6.07) is 11.0. The van der Waals surface area contributed by atoms with Crippen LogP contribution in [0.2, 0.25) is 5.02 Å². The Morgan fingerprint density at radius 2 is 1.67 bits per heavy atom. The number of carbonyl (C=O) groups is 4. The van der Waals surface area contributed by atoms with Gasteiger partial charge in [0.05, 0.1) is 28.1 Å². The number of ether oxygens (including phenoxy) is 1. The SMILES string of the molecule is O=C(COC(=O)c1ccc(N2C(=O)[C@@H]3[C@H](C2=O)[C@H]2C=C[C@H]3C2)cc1)Nc1ccc(Br)c(Cl)c1. The molecule has 1 saturated carbocycles. The monoisotopic (exact) mass is 528 g/mol. The van der Waals surface area contributed by atoms with Crippen LogP contribution in [0.3, 0.4) is 0 Å². The van der Waals surface area contributed by atoms with E-state index in [9.17, 15) is 19.2 Å². The summed E-state index contributed by atoms with van der Waals surface area (Å²) in [5, 5.41) is 3.03. The van der Waals surface area contributed by atoms with Gasteiger partial charge in [0.2, 0.25) is 11.8 Å². The minimum absolute atomic E-state index is 0.135. The number of hydrogen-bond donors (Lipinski definition) is 1. The van der Waals surface area contributed by atoms with Gasteiger partial charge >= 0.3 is 5.97 Å². The summed E-state index contributed by atoms with van der Waals surface area (Å²) >= 11 is 9.26. The Morgan fingerprint density at radius 3 is 2.27 bits per heavy atom. The Labute approximate surface area is 202 Å². The van der Waals surface area contributed by atoms with E-state index in [1.807, 2.05) is 12.2 Å². The highest BCUT2D eigenvalue weighted by Gasteiger charge is 2.59. The maximum Gasteiger partial charge on any atom is 0.338 e. The minimum Gasteiger partial charge on any atom is -0.452 e. The number of esters is 1. The molecule has 168 valence electrons. The number of carbonyl (C=O) groups excluding carboxylic acids is 4. The Morgan fingerprint density at radius 1 is 1.03 bits per heavy atom. The number of imide groups is 1. The molecule has 2 aromatic carbocycles. The van der Waals surface area contributed by atoms with Gasteiger partial charge in [-0.1, -0.05) is 23.8 Å². The summed E-state index contributed by atoms with van der Waals surface area (Å²) in [5.74, 6) is -1.85. The van der Waals surface area contributed by atoms with Crippen LogP contribution < -0.4 is 10.2 Å². The first-order valence-corrected chi connectivity index (χ1v) is 11.6. The zero-order chi connectivity index (χ0) is 23.3. The molecule has 3 aliphatic rings. The van der Waals surface area contributed by atoms with E-state index in [4.69, 9.17) is 16.3 Å². The van der Waals surface area contributed by atoms with E-state index in [-0.39, 0.29) is 41.0 Å². The smallest absolute Gasteiger partial charge is 0.338 e. The van der Waals surface area contributed by atoms with Gasteiger partial charge < -0.3 is 10.1 Å². The van der Waals surface area contributed by atoms with Crippen LogP contribution in [0.1, 0.15) is 16.8 Å². The van der Waals surface area contributed by atoms with Crippen molar-refractivity contribution >= 4 is 62.6 Å². The predicted octanol–water partition coefficient (Wildman–Crippen LogP) is 4.21. The number of nitrogens with zero attached hydrogens (tertiary/aromatic N) is 1. The summed E-state index contributed by atoms with van der Waals surface area (Å²) in [4.78, 5) is 51.4. The lowest BCUT2D eigenvalue weighted by molar-refractivity contribution is -0.123. The lowest BCUT2D eigenvalue weighted by Crippen LogP contribution is -2.32. The Hall–Kier alpha value is -2.97. The third kappa shape index (κ3) is 3.87. The molecule has 7 nitrogen and oxygen atoms in total. The van der Waals surface area contributed by atoms with Crippen LogP contribution in [-0.2, 0) is 19.1 Å². The van der Waals surface area contributed by atoms with Gasteiger partial charge in [-0.25, -0.2) is 4.79 Å². The molecule has 1 heterocycles. The van der Waals surface area contributed by atoms with Crippen LogP contribution >= 0.6 is 27.5 Å².